The first-order valence-electron chi connectivity index (χ1n) is 8.00. The van der Waals surface area contributed by atoms with Gasteiger partial charge in [-0.15, -0.1) is 0 Å². The number of fused-ring (bicyclic) bond motifs is 1. The monoisotopic (exact) mass is 412 g/mol. The van der Waals surface area contributed by atoms with Crippen molar-refractivity contribution < 1.29 is 32.3 Å². The summed E-state index contributed by atoms with van der Waals surface area (Å²) in [5, 5.41) is 9.47. The van der Waals surface area contributed by atoms with Gasteiger partial charge in [0.2, 0.25) is 0 Å². The van der Waals surface area contributed by atoms with Crippen molar-refractivity contribution in [2.24, 2.45) is 4.99 Å². The molecule has 5 nitrogen and oxygen atoms in total. The van der Waals surface area contributed by atoms with Crippen LogP contribution in [0.5, 0.6) is 0 Å². The molecule has 1 N–H and O–H groups in total. The molecule has 3 rings (SSSR count). The van der Waals surface area contributed by atoms with Gasteiger partial charge in [0.15, 0.2) is 28.1 Å². The van der Waals surface area contributed by atoms with Gasteiger partial charge in [-0.3, -0.25) is 4.79 Å². The number of hydrogen-bond acceptors (Lipinski definition) is 3. The van der Waals surface area contributed by atoms with E-state index in [1.54, 1.807) is 6.92 Å². The summed E-state index contributed by atoms with van der Waals surface area (Å²) in [7, 11) is 0. The fourth-order valence-electron chi connectivity index (χ4n) is 2.68. The lowest BCUT2D eigenvalue weighted by Gasteiger charge is -2.13. The molecule has 3 aromatic rings. The van der Waals surface area contributed by atoms with Crippen molar-refractivity contribution in [3.63, 3.8) is 0 Å². The second-order valence-corrected chi connectivity index (χ2v) is 6.75. The Kier molecular flexibility index (Phi) is 5.32. The minimum Gasteiger partial charge on any atom is -0.480 e. The Hall–Kier alpha value is -3.01. The summed E-state index contributed by atoms with van der Waals surface area (Å²) in [6, 6.07) is 3.24. The normalized spacial score (nSPS) is 13.1. The highest BCUT2D eigenvalue weighted by atomic mass is 32.1. The van der Waals surface area contributed by atoms with Crippen molar-refractivity contribution in [2.75, 3.05) is 0 Å². The van der Waals surface area contributed by atoms with E-state index in [-0.39, 0.29) is 27.0 Å². The summed E-state index contributed by atoms with van der Waals surface area (Å²) in [5.74, 6) is -6.98. The van der Waals surface area contributed by atoms with Crippen LogP contribution in [0.2, 0.25) is 0 Å². The Morgan fingerprint density at radius 1 is 1.11 bits per heavy atom. The van der Waals surface area contributed by atoms with E-state index in [1.165, 1.54) is 6.07 Å². The van der Waals surface area contributed by atoms with Crippen LogP contribution in [-0.2, 0) is 4.79 Å². The van der Waals surface area contributed by atoms with Gasteiger partial charge in [0.1, 0.15) is 6.04 Å². The van der Waals surface area contributed by atoms with Crippen LogP contribution in [0.15, 0.2) is 35.3 Å². The molecule has 1 heterocycles. The Labute approximate surface area is 159 Å². The Bertz CT molecular complexity index is 1170. The highest BCUT2D eigenvalue weighted by Crippen LogP contribution is 2.27. The van der Waals surface area contributed by atoms with Crippen LogP contribution in [0.1, 0.15) is 29.7 Å². The maximum Gasteiger partial charge on any atom is 0.326 e. The number of amides is 1. The van der Waals surface area contributed by atoms with Crippen molar-refractivity contribution in [1.29, 1.82) is 0 Å². The van der Waals surface area contributed by atoms with Crippen molar-refractivity contribution in [3.05, 3.63) is 64.0 Å². The summed E-state index contributed by atoms with van der Waals surface area (Å²) < 4.78 is 55.1. The van der Waals surface area contributed by atoms with E-state index in [4.69, 9.17) is 0 Å². The molecular weight excluding hydrogens is 400 g/mol. The van der Waals surface area contributed by atoms with Gasteiger partial charge in [-0.05, 0) is 36.8 Å². The number of aliphatic carboxylic acids is 1. The minimum absolute atomic E-state index is 0.0509. The van der Waals surface area contributed by atoms with Gasteiger partial charge in [0.25, 0.3) is 5.91 Å². The molecule has 0 saturated heterocycles. The molecule has 0 aliphatic heterocycles. The molecule has 0 bridgehead atoms. The number of rotatable bonds is 4. The minimum atomic E-state index is -1.26. The van der Waals surface area contributed by atoms with E-state index in [2.05, 4.69) is 4.99 Å². The molecule has 0 aliphatic rings. The molecule has 0 saturated carbocycles. The SMILES string of the molecule is CCC(C(=O)O)n1/c(=N/C(=O)c2ccc(F)c(F)c2)sc2c(F)c(F)ccc21. The summed E-state index contributed by atoms with van der Waals surface area (Å²) >= 11 is 0.585. The number of carboxylic acids is 1. The fourth-order valence-corrected chi connectivity index (χ4v) is 3.77. The summed E-state index contributed by atoms with van der Waals surface area (Å²) in [4.78, 5) is 27.5. The number of nitrogens with zero attached hydrogens (tertiary/aromatic N) is 2. The van der Waals surface area contributed by atoms with Crippen LogP contribution in [0.4, 0.5) is 17.6 Å². The fraction of sp³-hybridized carbons (Fsp3) is 0.167. The molecule has 0 spiro atoms. The van der Waals surface area contributed by atoms with Crippen molar-refractivity contribution >= 4 is 33.4 Å². The number of carbonyl (C=O) groups is 2. The Balaban J connectivity index is 2.27. The number of carbonyl (C=O) groups excluding carboxylic acids is 1. The maximum absolute atomic E-state index is 14.2. The van der Waals surface area contributed by atoms with Gasteiger partial charge in [-0.1, -0.05) is 18.3 Å². The maximum atomic E-state index is 14.2. The number of halogens is 4. The smallest absolute Gasteiger partial charge is 0.326 e. The van der Waals surface area contributed by atoms with Gasteiger partial charge < -0.3 is 9.67 Å². The topological polar surface area (TPSA) is 71.7 Å². The van der Waals surface area contributed by atoms with Gasteiger partial charge in [0, 0.05) is 5.56 Å². The third kappa shape index (κ3) is 3.42. The quantitative estimate of drug-likeness (QED) is 0.658. The lowest BCUT2D eigenvalue weighted by atomic mass is 10.2. The second-order valence-electron chi connectivity index (χ2n) is 5.77. The average molecular weight is 412 g/mol. The zero-order valence-electron chi connectivity index (χ0n) is 14.2. The average Bonchev–Trinajstić information content (AvgIpc) is 2.99. The highest BCUT2D eigenvalue weighted by molar-refractivity contribution is 7.16. The number of aromatic nitrogens is 1. The molecule has 0 aliphatic carbocycles. The van der Waals surface area contributed by atoms with Gasteiger partial charge in [0.05, 0.1) is 10.2 Å². The standard InChI is InChI=1S/C18H12F4N2O3S/c1-2-12(17(26)27)24-13-6-5-10(20)14(22)15(13)28-18(24)23-16(25)8-3-4-9(19)11(21)7-8/h3-7,12H,2H2,1H3,(H,26,27)/b23-18-. The highest BCUT2D eigenvalue weighted by Gasteiger charge is 2.24. The van der Waals surface area contributed by atoms with Gasteiger partial charge in [-0.2, -0.15) is 4.99 Å². The third-order valence-corrected chi connectivity index (χ3v) is 5.10. The van der Waals surface area contributed by atoms with Crippen LogP contribution in [0.25, 0.3) is 10.2 Å². The van der Waals surface area contributed by atoms with Crippen LogP contribution in [-0.4, -0.2) is 21.6 Å². The van der Waals surface area contributed by atoms with Gasteiger partial charge in [-0.25, -0.2) is 22.4 Å². The van der Waals surface area contributed by atoms with Crippen LogP contribution < -0.4 is 4.80 Å². The molecule has 146 valence electrons. The zero-order chi connectivity index (χ0) is 20.6. The molecule has 10 heteroatoms. The molecule has 1 aromatic heterocycles. The molecule has 28 heavy (non-hydrogen) atoms. The lowest BCUT2D eigenvalue weighted by molar-refractivity contribution is -0.140. The summed E-state index contributed by atoms with van der Waals surface area (Å²) in [6.07, 6.45) is 0.0761. The first-order valence-corrected chi connectivity index (χ1v) is 8.82. The molecule has 1 unspecified atom stereocenters. The lowest BCUT2D eigenvalue weighted by Crippen LogP contribution is -2.27. The zero-order valence-corrected chi connectivity index (χ0v) is 15.1. The van der Waals surface area contributed by atoms with E-state index >= 15 is 0 Å². The van der Waals surface area contributed by atoms with Crippen LogP contribution in [0.3, 0.4) is 0 Å². The van der Waals surface area contributed by atoms with Crippen molar-refractivity contribution in [1.82, 2.24) is 4.57 Å². The molecule has 1 amide bonds. The molecule has 2 aromatic carbocycles. The number of carboxylic acid groups (broad SMARTS) is 1. The summed E-state index contributed by atoms with van der Waals surface area (Å²) in [6.45, 7) is 1.57. The van der Waals surface area contributed by atoms with Gasteiger partial charge >= 0.3 is 5.97 Å². The first kappa shape index (κ1) is 19.7. The molecular formula is C18H12F4N2O3S. The van der Waals surface area contributed by atoms with E-state index in [9.17, 15) is 32.3 Å². The number of benzene rings is 2. The van der Waals surface area contributed by atoms with E-state index < -0.39 is 41.2 Å². The second kappa shape index (κ2) is 7.55. The Morgan fingerprint density at radius 2 is 1.79 bits per heavy atom. The molecule has 0 radical (unpaired) electrons. The predicted molar refractivity (Wildman–Crippen MR) is 92.9 cm³/mol. The van der Waals surface area contributed by atoms with E-state index in [0.717, 1.165) is 22.8 Å². The van der Waals surface area contributed by atoms with E-state index in [1.807, 2.05) is 0 Å². The molecule has 1 atom stereocenters. The Morgan fingerprint density at radius 3 is 2.39 bits per heavy atom. The summed E-state index contributed by atoms with van der Waals surface area (Å²) in [5.41, 5.74) is -0.229. The first-order chi connectivity index (χ1) is 13.2. The number of hydrogen-bond donors (Lipinski definition) is 1. The third-order valence-electron chi connectivity index (χ3n) is 4.04. The van der Waals surface area contributed by atoms with Crippen molar-refractivity contribution in [3.8, 4) is 0 Å². The largest absolute Gasteiger partial charge is 0.480 e. The van der Waals surface area contributed by atoms with Crippen molar-refractivity contribution in [2.45, 2.75) is 19.4 Å². The van der Waals surface area contributed by atoms with Crippen LogP contribution >= 0.6 is 11.3 Å². The van der Waals surface area contributed by atoms with E-state index in [0.29, 0.717) is 17.4 Å². The number of thiazole rings is 1. The van der Waals surface area contributed by atoms with Crippen LogP contribution in [0, 0.1) is 23.3 Å². The molecule has 0 fully saturated rings. The predicted octanol–water partition coefficient (Wildman–Crippen LogP) is 4.04.